The van der Waals surface area contributed by atoms with E-state index in [-0.39, 0.29) is 11.8 Å². The second-order valence-electron chi connectivity index (χ2n) is 6.24. The first kappa shape index (κ1) is 20.5. The number of carbonyl (C=O) groups excluding carboxylic acids is 2. The van der Waals surface area contributed by atoms with E-state index in [0.717, 1.165) is 12.8 Å². The summed E-state index contributed by atoms with van der Waals surface area (Å²) < 4.78 is 5.66. The van der Waals surface area contributed by atoms with Crippen LogP contribution in [0.5, 0.6) is 5.75 Å². The fourth-order valence-electron chi connectivity index (χ4n) is 2.69. The van der Waals surface area contributed by atoms with Crippen molar-refractivity contribution in [2.45, 2.75) is 33.6 Å². The fourth-order valence-corrected chi connectivity index (χ4v) is 2.69. The number of amides is 2. The normalized spacial score (nSPS) is 10.3. The number of hydrogen-bond donors (Lipinski definition) is 1. The van der Waals surface area contributed by atoms with Crippen molar-refractivity contribution in [2.24, 2.45) is 0 Å². The highest BCUT2D eigenvalue weighted by molar-refractivity contribution is 6.05. The summed E-state index contributed by atoms with van der Waals surface area (Å²) in [5, 5.41) is 2.86. The van der Waals surface area contributed by atoms with Crippen LogP contribution in [-0.2, 0) is 0 Å². The van der Waals surface area contributed by atoms with E-state index in [2.05, 4.69) is 12.2 Å². The third-order valence-corrected chi connectivity index (χ3v) is 4.28. The molecule has 0 fully saturated rings. The summed E-state index contributed by atoms with van der Waals surface area (Å²) in [6.07, 6.45) is 2.03. The van der Waals surface area contributed by atoms with Crippen molar-refractivity contribution in [3.8, 4) is 5.75 Å². The van der Waals surface area contributed by atoms with Crippen LogP contribution in [0.3, 0.4) is 0 Å². The molecule has 0 radical (unpaired) electrons. The van der Waals surface area contributed by atoms with E-state index < -0.39 is 0 Å². The summed E-state index contributed by atoms with van der Waals surface area (Å²) in [4.78, 5) is 26.8. The van der Waals surface area contributed by atoms with Gasteiger partial charge in [-0.25, -0.2) is 0 Å². The Morgan fingerprint density at radius 2 is 1.67 bits per heavy atom. The van der Waals surface area contributed by atoms with Gasteiger partial charge in [0.05, 0.1) is 6.61 Å². The molecule has 144 valence electrons. The van der Waals surface area contributed by atoms with Crippen LogP contribution in [0.25, 0.3) is 0 Å². The molecular formula is C22H28N2O3. The second kappa shape index (κ2) is 10.4. The van der Waals surface area contributed by atoms with Gasteiger partial charge in [0.2, 0.25) is 0 Å². The lowest BCUT2D eigenvalue weighted by atomic mass is 10.1. The predicted octanol–water partition coefficient (Wildman–Crippen LogP) is 4.60. The summed E-state index contributed by atoms with van der Waals surface area (Å²) >= 11 is 0. The Kier molecular flexibility index (Phi) is 7.86. The lowest BCUT2D eigenvalue weighted by Crippen LogP contribution is -2.30. The van der Waals surface area contributed by atoms with Gasteiger partial charge in [0, 0.05) is 29.9 Å². The quantitative estimate of drug-likeness (QED) is 0.658. The van der Waals surface area contributed by atoms with Crippen molar-refractivity contribution in [1.29, 1.82) is 0 Å². The molecule has 2 aromatic rings. The maximum Gasteiger partial charge on any atom is 0.255 e. The van der Waals surface area contributed by atoms with E-state index in [1.807, 2.05) is 19.9 Å². The van der Waals surface area contributed by atoms with Gasteiger partial charge in [-0.3, -0.25) is 9.59 Å². The van der Waals surface area contributed by atoms with Crippen LogP contribution < -0.4 is 10.1 Å². The zero-order chi connectivity index (χ0) is 19.6. The zero-order valence-corrected chi connectivity index (χ0v) is 16.3. The van der Waals surface area contributed by atoms with Gasteiger partial charge in [-0.2, -0.15) is 0 Å². The van der Waals surface area contributed by atoms with Crippen LogP contribution >= 0.6 is 0 Å². The van der Waals surface area contributed by atoms with Gasteiger partial charge in [-0.05, 0) is 56.7 Å². The number of nitrogens with one attached hydrogen (secondary N) is 1. The third kappa shape index (κ3) is 5.84. The molecule has 0 aliphatic heterocycles. The molecule has 27 heavy (non-hydrogen) atoms. The largest absolute Gasteiger partial charge is 0.494 e. The van der Waals surface area contributed by atoms with Gasteiger partial charge in [-0.1, -0.05) is 25.5 Å². The van der Waals surface area contributed by atoms with Gasteiger partial charge < -0.3 is 15.0 Å². The number of hydrogen-bond acceptors (Lipinski definition) is 3. The Morgan fingerprint density at radius 3 is 2.37 bits per heavy atom. The number of unbranched alkanes of at least 4 members (excludes halogenated alkanes) is 1. The highest BCUT2D eigenvalue weighted by Crippen LogP contribution is 2.17. The smallest absolute Gasteiger partial charge is 0.255 e. The van der Waals surface area contributed by atoms with E-state index in [4.69, 9.17) is 4.74 Å². The Bertz CT molecular complexity index is 770. The van der Waals surface area contributed by atoms with Gasteiger partial charge in [0.1, 0.15) is 5.75 Å². The highest BCUT2D eigenvalue weighted by atomic mass is 16.5. The molecular weight excluding hydrogens is 340 g/mol. The summed E-state index contributed by atoms with van der Waals surface area (Å²) in [6, 6.07) is 14.1. The molecule has 0 atom stereocenters. The first-order valence-electron chi connectivity index (χ1n) is 9.52. The number of ether oxygens (including phenoxy) is 1. The van der Waals surface area contributed by atoms with Crippen molar-refractivity contribution >= 4 is 17.5 Å². The molecule has 5 heteroatoms. The highest BCUT2D eigenvalue weighted by Gasteiger charge is 2.14. The zero-order valence-electron chi connectivity index (χ0n) is 16.3. The number of benzene rings is 2. The molecule has 2 rings (SSSR count). The van der Waals surface area contributed by atoms with Crippen LogP contribution in [0.2, 0.25) is 0 Å². The van der Waals surface area contributed by atoms with Gasteiger partial charge in [0.25, 0.3) is 11.8 Å². The van der Waals surface area contributed by atoms with E-state index in [1.165, 1.54) is 0 Å². The lowest BCUT2D eigenvalue weighted by molar-refractivity contribution is 0.0772. The van der Waals surface area contributed by atoms with Gasteiger partial charge in [-0.15, -0.1) is 0 Å². The second-order valence-corrected chi connectivity index (χ2v) is 6.24. The first-order valence-corrected chi connectivity index (χ1v) is 9.52. The minimum absolute atomic E-state index is 0.0394. The van der Waals surface area contributed by atoms with E-state index in [9.17, 15) is 9.59 Å². The van der Waals surface area contributed by atoms with Crippen molar-refractivity contribution in [3.63, 3.8) is 0 Å². The molecule has 0 heterocycles. The molecule has 2 amide bonds. The number of rotatable bonds is 9. The molecule has 0 unspecified atom stereocenters. The molecule has 1 N–H and O–H groups in total. The third-order valence-electron chi connectivity index (χ3n) is 4.28. The van der Waals surface area contributed by atoms with Gasteiger partial charge >= 0.3 is 0 Å². The van der Waals surface area contributed by atoms with Crippen LogP contribution in [0, 0.1) is 0 Å². The lowest BCUT2D eigenvalue weighted by Gasteiger charge is -2.19. The average Bonchev–Trinajstić information content (AvgIpc) is 2.69. The van der Waals surface area contributed by atoms with E-state index in [0.29, 0.717) is 42.3 Å². The fraction of sp³-hybridized carbons (Fsp3) is 0.364. The van der Waals surface area contributed by atoms with E-state index in [1.54, 1.807) is 47.4 Å². The molecule has 0 saturated heterocycles. The van der Waals surface area contributed by atoms with Gasteiger partial charge in [0.15, 0.2) is 0 Å². The SMILES string of the molecule is CCCCOc1cccc(C(=O)Nc2cccc(C(=O)N(CC)CC)c2)c1. The molecule has 2 aromatic carbocycles. The molecule has 0 aliphatic rings. The monoisotopic (exact) mass is 368 g/mol. The average molecular weight is 368 g/mol. The predicted molar refractivity (Wildman–Crippen MR) is 108 cm³/mol. The Labute approximate surface area is 161 Å². The van der Waals surface area contributed by atoms with Crippen LogP contribution in [-0.4, -0.2) is 36.4 Å². The van der Waals surface area contributed by atoms with Crippen molar-refractivity contribution < 1.29 is 14.3 Å². The summed E-state index contributed by atoms with van der Waals surface area (Å²) in [5.41, 5.74) is 1.67. The first-order chi connectivity index (χ1) is 13.1. The van der Waals surface area contributed by atoms with Crippen molar-refractivity contribution in [3.05, 3.63) is 59.7 Å². The number of carbonyl (C=O) groups is 2. The summed E-state index contributed by atoms with van der Waals surface area (Å²) in [6.45, 7) is 7.93. The molecule has 5 nitrogen and oxygen atoms in total. The van der Waals surface area contributed by atoms with Crippen molar-refractivity contribution in [1.82, 2.24) is 4.90 Å². The van der Waals surface area contributed by atoms with Crippen LogP contribution in [0.15, 0.2) is 48.5 Å². The maximum absolute atomic E-state index is 12.6. The minimum atomic E-state index is -0.233. The van der Waals surface area contributed by atoms with E-state index >= 15 is 0 Å². The molecule has 0 bridgehead atoms. The van der Waals surface area contributed by atoms with Crippen LogP contribution in [0.1, 0.15) is 54.3 Å². The maximum atomic E-state index is 12.6. The van der Waals surface area contributed by atoms with Crippen LogP contribution in [0.4, 0.5) is 5.69 Å². The summed E-state index contributed by atoms with van der Waals surface area (Å²) in [5.74, 6) is 0.410. The standard InChI is InChI=1S/C22H28N2O3/c1-4-7-14-27-20-13-9-10-17(16-20)21(25)23-19-12-8-11-18(15-19)22(26)24(5-2)6-3/h8-13,15-16H,4-7,14H2,1-3H3,(H,23,25). The van der Waals surface area contributed by atoms with Crippen molar-refractivity contribution in [2.75, 3.05) is 25.0 Å². The Hall–Kier alpha value is -2.82. The molecule has 0 saturated carbocycles. The Morgan fingerprint density at radius 1 is 0.963 bits per heavy atom. The molecule has 0 aromatic heterocycles. The number of anilines is 1. The minimum Gasteiger partial charge on any atom is -0.494 e. The topological polar surface area (TPSA) is 58.6 Å². The molecule has 0 aliphatic carbocycles. The Balaban J connectivity index is 2.09. The molecule has 0 spiro atoms. The number of nitrogens with zero attached hydrogens (tertiary/aromatic N) is 1. The summed E-state index contributed by atoms with van der Waals surface area (Å²) in [7, 11) is 0.